The average molecular weight is 366 g/mol. The number of nitrogens with two attached hydrogens (primary N) is 1. The second-order valence-corrected chi connectivity index (χ2v) is 6.53. The van der Waals surface area contributed by atoms with Crippen molar-refractivity contribution in [3.8, 4) is 11.4 Å². The number of aromatic nitrogens is 2. The smallest absolute Gasteiger partial charge is 0.258 e. The van der Waals surface area contributed by atoms with Crippen molar-refractivity contribution in [3.05, 3.63) is 82.7 Å². The van der Waals surface area contributed by atoms with Gasteiger partial charge in [-0.15, -0.1) is 0 Å². The lowest BCUT2D eigenvalue weighted by atomic mass is 10.1. The molecule has 3 aromatic rings. The summed E-state index contributed by atoms with van der Waals surface area (Å²) in [4.78, 5) is 18.9. The van der Waals surface area contributed by atoms with Gasteiger partial charge in [-0.1, -0.05) is 12.1 Å². The zero-order valence-electron chi connectivity index (χ0n) is 14.6. The molecule has 138 valence electrons. The summed E-state index contributed by atoms with van der Waals surface area (Å²) in [5.41, 5.74) is 7.07. The Kier molecular flexibility index (Phi) is 4.60. The number of benzene rings is 1. The van der Waals surface area contributed by atoms with E-state index in [4.69, 9.17) is 10.5 Å². The van der Waals surface area contributed by atoms with Crippen LogP contribution in [0.1, 0.15) is 5.56 Å². The van der Waals surface area contributed by atoms with E-state index in [0.29, 0.717) is 11.4 Å². The highest BCUT2D eigenvalue weighted by atomic mass is 19.1. The van der Waals surface area contributed by atoms with Gasteiger partial charge < -0.3 is 15.4 Å². The molecule has 3 heterocycles. The van der Waals surface area contributed by atoms with Gasteiger partial charge in [0.2, 0.25) is 0 Å². The molecule has 0 aliphatic carbocycles. The molecular formula is C20H19FN4O2. The van der Waals surface area contributed by atoms with Crippen LogP contribution in [0.3, 0.4) is 0 Å². The number of ether oxygens (including phenoxy) is 1. The number of halogens is 1. The Bertz CT molecular complexity index is 980. The first kappa shape index (κ1) is 17.2. The van der Waals surface area contributed by atoms with Crippen LogP contribution in [-0.4, -0.2) is 28.7 Å². The highest BCUT2D eigenvalue weighted by molar-refractivity contribution is 5.46. The molecule has 0 radical (unpaired) electrons. The first-order valence-corrected chi connectivity index (χ1v) is 8.65. The van der Waals surface area contributed by atoms with Gasteiger partial charge in [0.05, 0.1) is 11.9 Å². The molecule has 1 fully saturated rings. The maximum absolute atomic E-state index is 12.9. The molecule has 2 aromatic heterocycles. The maximum atomic E-state index is 12.9. The molecule has 1 saturated heterocycles. The number of nitrogens with zero attached hydrogens (tertiary/aromatic N) is 3. The molecule has 27 heavy (non-hydrogen) atoms. The Balaban J connectivity index is 1.45. The molecule has 0 spiro atoms. The largest absolute Gasteiger partial charge is 0.489 e. The van der Waals surface area contributed by atoms with Crippen molar-refractivity contribution in [2.75, 3.05) is 18.0 Å². The molecule has 1 aromatic carbocycles. The van der Waals surface area contributed by atoms with E-state index in [1.54, 1.807) is 30.6 Å². The standard InChI is InChI=1S/C20H19FN4O2/c21-15-3-1-14(2-4-15)13-27-18-7-8-25(20(26)9-18)17-5-6-19(23-10-17)24-11-16(22)12-24/h1-10,16H,11-13,22H2. The predicted octanol–water partition coefficient (Wildman–Crippen LogP) is 2.10. The summed E-state index contributed by atoms with van der Waals surface area (Å²) in [5, 5.41) is 0. The summed E-state index contributed by atoms with van der Waals surface area (Å²) in [6.07, 6.45) is 3.32. The van der Waals surface area contributed by atoms with E-state index in [1.165, 1.54) is 22.8 Å². The zero-order valence-corrected chi connectivity index (χ0v) is 14.6. The summed E-state index contributed by atoms with van der Waals surface area (Å²) >= 11 is 0. The monoisotopic (exact) mass is 366 g/mol. The van der Waals surface area contributed by atoms with Gasteiger partial charge >= 0.3 is 0 Å². The lowest BCUT2D eigenvalue weighted by Crippen LogP contribution is -2.56. The number of hydrogen-bond acceptors (Lipinski definition) is 5. The normalized spacial score (nSPS) is 14.1. The van der Waals surface area contributed by atoms with Crippen LogP contribution in [0, 0.1) is 5.82 Å². The van der Waals surface area contributed by atoms with Crippen LogP contribution in [0.5, 0.6) is 5.75 Å². The molecule has 7 heteroatoms. The summed E-state index contributed by atoms with van der Waals surface area (Å²) < 4.78 is 20.0. The number of rotatable bonds is 5. The van der Waals surface area contributed by atoms with Crippen LogP contribution in [-0.2, 0) is 6.61 Å². The highest BCUT2D eigenvalue weighted by Crippen LogP contribution is 2.19. The molecule has 0 bridgehead atoms. The first-order valence-electron chi connectivity index (χ1n) is 8.65. The zero-order chi connectivity index (χ0) is 18.8. The first-order chi connectivity index (χ1) is 13.1. The van der Waals surface area contributed by atoms with Gasteiger partial charge in [0, 0.05) is 31.4 Å². The Morgan fingerprint density at radius 1 is 1.15 bits per heavy atom. The highest BCUT2D eigenvalue weighted by Gasteiger charge is 2.23. The molecule has 0 saturated carbocycles. The summed E-state index contributed by atoms with van der Waals surface area (Å²) in [5.74, 6) is 1.02. The van der Waals surface area contributed by atoms with Crippen molar-refractivity contribution in [2.45, 2.75) is 12.6 Å². The molecule has 0 unspecified atom stereocenters. The van der Waals surface area contributed by atoms with Crippen molar-refractivity contribution >= 4 is 5.82 Å². The second-order valence-electron chi connectivity index (χ2n) is 6.53. The molecule has 6 nitrogen and oxygen atoms in total. The number of pyridine rings is 2. The van der Waals surface area contributed by atoms with Crippen LogP contribution in [0.2, 0.25) is 0 Å². The lowest BCUT2D eigenvalue weighted by Gasteiger charge is -2.37. The van der Waals surface area contributed by atoms with Crippen molar-refractivity contribution in [3.63, 3.8) is 0 Å². The fraction of sp³-hybridized carbons (Fsp3) is 0.200. The molecule has 0 atom stereocenters. The summed E-state index contributed by atoms with van der Waals surface area (Å²) in [6.45, 7) is 1.86. The summed E-state index contributed by atoms with van der Waals surface area (Å²) in [6, 6.07) is 13.1. The maximum Gasteiger partial charge on any atom is 0.258 e. The van der Waals surface area contributed by atoms with E-state index < -0.39 is 0 Å². The Hall–Kier alpha value is -3.19. The third-order valence-electron chi connectivity index (χ3n) is 4.45. The number of hydrogen-bond donors (Lipinski definition) is 1. The molecule has 0 amide bonds. The number of anilines is 1. The third kappa shape index (κ3) is 3.83. The van der Waals surface area contributed by atoms with Gasteiger partial charge in [-0.05, 0) is 35.9 Å². The molecule has 2 N–H and O–H groups in total. The van der Waals surface area contributed by atoms with E-state index in [0.717, 1.165) is 24.5 Å². The van der Waals surface area contributed by atoms with Crippen LogP contribution in [0.15, 0.2) is 65.7 Å². The Labute approximate surface area is 155 Å². The predicted molar refractivity (Wildman–Crippen MR) is 101 cm³/mol. The van der Waals surface area contributed by atoms with Crippen LogP contribution >= 0.6 is 0 Å². The van der Waals surface area contributed by atoms with Gasteiger partial charge in [0.1, 0.15) is 24.0 Å². The minimum atomic E-state index is -0.294. The molecular weight excluding hydrogens is 347 g/mol. The average Bonchev–Trinajstić information content (AvgIpc) is 2.65. The van der Waals surface area contributed by atoms with Crippen molar-refractivity contribution in [1.82, 2.24) is 9.55 Å². The van der Waals surface area contributed by atoms with Crippen LogP contribution < -0.4 is 20.9 Å². The fourth-order valence-corrected chi connectivity index (χ4v) is 2.92. The van der Waals surface area contributed by atoms with E-state index in [1.807, 2.05) is 12.1 Å². The topological polar surface area (TPSA) is 73.4 Å². The Morgan fingerprint density at radius 2 is 1.93 bits per heavy atom. The van der Waals surface area contributed by atoms with Crippen molar-refractivity contribution in [2.24, 2.45) is 5.73 Å². The van der Waals surface area contributed by atoms with Crippen molar-refractivity contribution < 1.29 is 9.13 Å². The Morgan fingerprint density at radius 3 is 2.56 bits per heavy atom. The molecule has 4 rings (SSSR count). The quantitative estimate of drug-likeness (QED) is 0.749. The minimum Gasteiger partial charge on any atom is -0.489 e. The fourth-order valence-electron chi connectivity index (χ4n) is 2.92. The SMILES string of the molecule is NC1CN(c2ccc(-n3ccc(OCc4ccc(F)cc4)cc3=O)cn2)C1. The van der Waals surface area contributed by atoms with E-state index >= 15 is 0 Å². The minimum absolute atomic E-state index is 0.205. The third-order valence-corrected chi connectivity index (χ3v) is 4.45. The summed E-state index contributed by atoms with van der Waals surface area (Å²) in [7, 11) is 0. The molecule has 1 aliphatic heterocycles. The van der Waals surface area contributed by atoms with Gasteiger partial charge in [0.15, 0.2) is 0 Å². The van der Waals surface area contributed by atoms with E-state index in [-0.39, 0.29) is 24.0 Å². The van der Waals surface area contributed by atoms with Crippen molar-refractivity contribution in [1.29, 1.82) is 0 Å². The van der Waals surface area contributed by atoms with E-state index in [2.05, 4.69) is 9.88 Å². The van der Waals surface area contributed by atoms with Crippen LogP contribution in [0.4, 0.5) is 10.2 Å². The lowest BCUT2D eigenvalue weighted by molar-refractivity contribution is 0.305. The van der Waals surface area contributed by atoms with Gasteiger partial charge in [-0.2, -0.15) is 0 Å². The van der Waals surface area contributed by atoms with E-state index in [9.17, 15) is 9.18 Å². The second kappa shape index (κ2) is 7.20. The molecule has 1 aliphatic rings. The van der Waals surface area contributed by atoms with Gasteiger partial charge in [0.25, 0.3) is 5.56 Å². The van der Waals surface area contributed by atoms with Gasteiger partial charge in [-0.25, -0.2) is 9.37 Å². The van der Waals surface area contributed by atoms with Gasteiger partial charge in [-0.3, -0.25) is 9.36 Å². The van der Waals surface area contributed by atoms with Crippen LogP contribution in [0.25, 0.3) is 5.69 Å².